The molecule has 2 aromatic carbocycles. The van der Waals surface area contributed by atoms with E-state index in [1.54, 1.807) is 0 Å². The molecule has 0 unspecified atom stereocenters. The number of benzene rings is 2. The first kappa shape index (κ1) is 20.6. The van der Waals surface area contributed by atoms with Crippen molar-refractivity contribution in [3.8, 4) is 0 Å². The summed E-state index contributed by atoms with van der Waals surface area (Å²) in [4.78, 5) is 0. The molecule has 1 nitrogen and oxygen atoms in total. The molecule has 0 atom stereocenters. The number of hydrogen-bond acceptors (Lipinski definition) is 1. The van der Waals surface area contributed by atoms with Gasteiger partial charge in [0.1, 0.15) is 0 Å². The van der Waals surface area contributed by atoms with Gasteiger partial charge in [0.25, 0.3) is 0 Å². The summed E-state index contributed by atoms with van der Waals surface area (Å²) >= 11 is 0. The van der Waals surface area contributed by atoms with E-state index in [-0.39, 0.29) is 0 Å². The maximum Gasteiger partial charge on any atom is 0.0717 e. The minimum absolute atomic E-state index is 0.711. The first-order chi connectivity index (χ1) is 13.8. The van der Waals surface area contributed by atoms with Crippen molar-refractivity contribution in [2.45, 2.75) is 64.4 Å². The Bertz CT molecular complexity index is 744. The van der Waals surface area contributed by atoms with E-state index in [2.05, 4.69) is 79.8 Å². The van der Waals surface area contributed by atoms with Crippen LogP contribution in [0.25, 0.3) is 6.08 Å². The number of allylic oxidation sites excluding steroid dienone is 2. The van der Waals surface area contributed by atoms with Crippen LogP contribution in [0, 0.1) is 0 Å². The van der Waals surface area contributed by atoms with Crippen LogP contribution in [-0.2, 0) is 11.3 Å². The van der Waals surface area contributed by atoms with Gasteiger partial charge in [0.15, 0.2) is 0 Å². The van der Waals surface area contributed by atoms with Gasteiger partial charge < -0.3 is 4.74 Å². The van der Waals surface area contributed by atoms with Crippen molar-refractivity contribution in [2.24, 2.45) is 0 Å². The van der Waals surface area contributed by atoms with Gasteiger partial charge in [-0.1, -0.05) is 72.8 Å². The summed E-state index contributed by atoms with van der Waals surface area (Å²) in [6, 6.07) is 18.3. The van der Waals surface area contributed by atoms with Crippen LogP contribution >= 0.6 is 0 Å². The predicted molar refractivity (Wildman–Crippen MR) is 121 cm³/mol. The Morgan fingerprint density at radius 2 is 1.36 bits per heavy atom. The molecule has 1 saturated carbocycles. The van der Waals surface area contributed by atoms with E-state index < -0.39 is 0 Å². The van der Waals surface area contributed by atoms with E-state index in [0.717, 1.165) is 18.9 Å². The van der Waals surface area contributed by atoms with Gasteiger partial charge >= 0.3 is 0 Å². The molecule has 0 N–H and O–H groups in total. The van der Waals surface area contributed by atoms with Crippen molar-refractivity contribution in [1.82, 2.24) is 0 Å². The van der Waals surface area contributed by atoms with Crippen molar-refractivity contribution in [3.05, 3.63) is 89.0 Å². The summed E-state index contributed by atoms with van der Waals surface area (Å²) in [5, 5.41) is 0. The largest absolute Gasteiger partial charge is 0.376 e. The number of ether oxygens (including phenoxy) is 1. The second-order valence-electron chi connectivity index (χ2n) is 7.87. The van der Waals surface area contributed by atoms with Crippen molar-refractivity contribution >= 4 is 6.08 Å². The molecule has 3 rings (SSSR count). The lowest BCUT2D eigenvalue weighted by Crippen LogP contribution is -2.12. The van der Waals surface area contributed by atoms with Gasteiger partial charge in [0, 0.05) is 0 Å². The fourth-order valence-electron chi connectivity index (χ4n) is 4.23. The molecule has 2 aromatic rings. The fourth-order valence-corrected chi connectivity index (χ4v) is 4.23. The highest BCUT2D eigenvalue weighted by molar-refractivity contribution is 5.49. The Morgan fingerprint density at radius 3 is 1.89 bits per heavy atom. The molecular formula is C27H34O. The van der Waals surface area contributed by atoms with Crippen LogP contribution in [-0.4, -0.2) is 6.61 Å². The van der Waals surface area contributed by atoms with Crippen LogP contribution in [0.3, 0.4) is 0 Å². The topological polar surface area (TPSA) is 9.23 Å². The summed E-state index contributed by atoms with van der Waals surface area (Å²) < 4.78 is 5.74. The van der Waals surface area contributed by atoms with Crippen LogP contribution in [0.4, 0.5) is 0 Å². The van der Waals surface area contributed by atoms with Crippen molar-refractivity contribution in [2.75, 3.05) is 6.61 Å². The standard InChI is InChI=1S/C27H34O/c1-3-5-6-20-28-21-23-10-14-25(15-11-23)27-18-16-26(17-19-27)24-12-8-22(7-4-2)9-13-24/h3-5,7-15,26-27H,6,16-21H2,1-2H3/b5-3+,7-4-. The second kappa shape index (κ2) is 11.0. The van der Waals surface area contributed by atoms with E-state index in [4.69, 9.17) is 4.74 Å². The van der Waals surface area contributed by atoms with Crippen molar-refractivity contribution in [1.29, 1.82) is 0 Å². The highest BCUT2D eigenvalue weighted by Gasteiger charge is 2.23. The lowest BCUT2D eigenvalue weighted by atomic mass is 9.76. The van der Waals surface area contributed by atoms with E-state index >= 15 is 0 Å². The zero-order valence-electron chi connectivity index (χ0n) is 17.4. The van der Waals surface area contributed by atoms with Gasteiger partial charge in [-0.2, -0.15) is 0 Å². The molecule has 148 valence electrons. The van der Waals surface area contributed by atoms with Gasteiger partial charge in [0.2, 0.25) is 0 Å². The molecule has 28 heavy (non-hydrogen) atoms. The summed E-state index contributed by atoms with van der Waals surface area (Å²) in [5.41, 5.74) is 5.58. The van der Waals surface area contributed by atoms with Crippen LogP contribution < -0.4 is 0 Å². The average Bonchev–Trinajstić information content (AvgIpc) is 2.75. The third-order valence-corrected chi connectivity index (χ3v) is 5.88. The summed E-state index contributed by atoms with van der Waals surface area (Å²) in [6.45, 7) is 5.63. The van der Waals surface area contributed by atoms with Gasteiger partial charge in [-0.25, -0.2) is 0 Å². The minimum Gasteiger partial charge on any atom is -0.376 e. The zero-order chi connectivity index (χ0) is 19.6. The minimum atomic E-state index is 0.711. The Balaban J connectivity index is 1.47. The Kier molecular flexibility index (Phi) is 8.11. The maximum absolute atomic E-state index is 5.74. The second-order valence-corrected chi connectivity index (χ2v) is 7.87. The molecule has 0 aliphatic heterocycles. The molecule has 1 heteroatoms. The SMILES string of the molecule is C/C=C\c1ccc(C2CCC(c3ccc(COCC/C=C/C)cc3)CC2)cc1. The van der Waals surface area contributed by atoms with E-state index in [1.165, 1.54) is 47.9 Å². The Hall–Kier alpha value is -2.12. The summed E-state index contributed by atoms with van der Waals surface area (Å²) in [5.74, 6) is 1.43. The van der Waals surface area contributed by atoms with Crippen LogP contribution in [0.2, 0.25) is 0 Å². The summed E-state index contributed by atoms with van der Waals surface area (Å²) in [7, 11) is 0. The van der Waals surface area contributed by atoms with Crippen molar-refractivity contribution in [3.63, 3.8) is 0 Å². The molecule has 0 saturated heterocycles. The van der Waals surface area contributed by atoms with Gasteiger partial charge in [-0.05, 0) is 80.0 Å². The number of hydrogen-bond donors (Lipinski definition) is 0. The van der Waals surface area contributed by atoms with Crippen molar-refractivity contribution < 1.29 is 4.74 Å². The zero-order valence-corrected chi connectivity index (χ0v) is 17.4. The molecule has 0 aromatic heterocycles. The Labute approximate surface area is 171 Å². The monoisotopic (exact) mass is 374 g/mol. The van der Waals surface area contributed by atoms with Gasteiger partial charge in [0.05, 0.1) is 13.2 Å². The molecule has 0 heterocycles. The molecule has 1 fully saturated rings. The molecule has 0 radical (unpaired) electrons. The van der Waals surface area contributed by atoms with Gasteiger partial charge in [-0.3, -0.25) is 0 Å². The van der Waals surface area contributed by atoms with Crippen LogP contribution in [0.5, 0.6) is 0 Å². The van der Waals surface area contributed by atoms with E-state index in [1.807, 2.05) is 6.92 Å². The normalized spacial score (nSPS) is 20.2. The smallest absolute Gasteiger partial charge is 0.0717 e. The first-order valence-electron chi connectivity index (χ1n) is 10.8. The third kappa shape index (κ3) is 5.94. The molecule has 0 amide bonds. The van der Waals surface area contributed by atoms with E-state index in [0.29, 0.717) is 12.5 Å². The lowest BCUT2D eigenvalue weighted by molar-refractivity contribution is 0.125. The quantitative estimate of drug-likeness (QED) is 0.341. The summed E-state index contributed by atoms with van der Waals surface area (Å²) in [6.07, 6.45) is 14.7. The molecular weight excluding hydrogens is 340 g/mol. The number of rotatable bonds is 8. The molecule has 0 spiro atoms. The highest BCUT2D eigenvalue weighted by atomic mass is 16.5. The predicted octanol–water partition coefficient (Wildman–Crippen LogP) is 7.64. The fraction of sp³-hybridized carbons (Fsp3) is 0.407. The molecule has 1 aliphatic carbocycles. The Morgan fingerprint density at radius 1 is 0.786 bits per heavy atom. The highest BCUT2D eigenvalue weighted by Crippen LogP contribution is 2.40. The maximum atomic E-state index is 5.74. The lowest BCUT2D eigenvalue weighted by Gasteiger charge is -2.29. The van der Waals surface area contributed by atoms with E-state index in [9.17, 15) is 0 Å². The molecule has 0 bridgehead atoms. The van der Waals surface area contributed by atoms with Crippen LogP contribution in [0.1, 0.15) is 80.0 Å². The third-order valence-electron chi connectivity index (χ3n) is 5.88. The van der Waals surface area contributed by atoms with Crippen LogP contribution in [0.15, 0.2) is 66.8 Å². The average molecular weight is 375 g/mol. The first-order valence-corrected chi connectivity index (χ1v) is 10.8. The van der Waals surface area contributed by atoms with Gasteiger partial charge in [-0.15, -0.1) is 0 Å². The molecule has 1 aliphatic rings.